The summed E-state index contributed by atoms with van der Waals surface area (Å²) < 4.78 is 5.56. The number of pyridine rings is 1. The number of ether oxygens (including phenoxy) is 1. The molecule has 3 N–H and O–H groups in total. The highest BCUT2D eigenvalue weighted by molar-refractivity contribution is 5.55. The maximum absolute atomic E-state index is 9.37. The molecule has 0 spiro atoms. The molecule has 0 atom stereocenters. The van der Waals surface area contributed by atoms with Crippen molar-refractivity contribution in [1.82, 2.24) is 4.98 Å². The standard InChI is InChI=1S/C13H23N3O2/c1-9(2)18-12-10(14)6-7-11(15-12)16(5)13(3,4)8-17/h6-7,9,17H,8,14H2,1-5H3. The summed E-state index contributed by atoms with van der Waals surface area (Å²) in [5.41, 5.74) is 5.95. The van der Waals surface area contributed by atoms with Gasteiger partial charge in [-0.25, -0.2) is 0 Å². The van der Waals surface area contributed by atoms with E-state index in [1.54, 1.807) is 6.07 Å². The van der Waals surface area contributed by atoms with Crippen LogP contribution in [0.5, 0.6) is 5.88 Å². The SMILES string of the molecule is CC(C)Oc1nc(N(C)C(C)(C)CO)ccc1N. The summed E-state index contributed by atoms with van der Waals surface area (Å²) in [7, 11) is 1.88. The Morgan fingerprint density at radius 1 is 1.44 bits per heavy atom. The van der Waals surface area contributed by atoms with Gasteiger partial charge in [-0.15, -0.1) is 0 Å². The zero-order valence-electron chi connectivity index (χ0n) is 11.8. The van der Waals surface area contributed by atoms with Gasteiger partial charge < -0.3 is 20.5 Å². The van der Waals surface area contributed by atoms with Crippen LogP contribution in [0.3, 0.4) is 0 Å². The smallest absolute Gasteiger partial charge is 0.239 e. The van der Waals surface area contributed by atoms with E-state index in [0.717, 1.165) is 5.82 Å². The zero-order chi connectivity index (χ0) is 13.9. The van der Waals surface area contributed by atoms with E-state index in [1.165, 1.54) is 0 Å². The van der Waals surface area contributed by atoms with Crippen molar-refractivity contribution in [3.63, 3.8) is 0 Å². The van der Waals surface area contributed by atoms with Crippen LogP contribution in [0.4, 0.5) is 11.5 Å². The lowest BCUT2D eigenvalue weighted by Crippen LogP contribution is -2.44. The number of nitrogens with two attached hydrogens (primary N) is 1. The number of likely N-dealkylation sites (N-methyl/N-ethyl adjacent to an activating group) is 1. The Kier molecular flexibility index (Phi) is 4.40. The molecule has 1 aromatic rings. The van der Waals surface area contributed by atoms with Crippen molar-refractivity contribution >= 4 is 11.5 Å². The van der Waals surface area contributed by atoms with E-state index < -0.39 is 5.54 Å². The molecular formula is C13H23N3O2. The molecule has 1 heterocycles. The summed E-state index contributed by atoms with van der Waals surface area (Å²) in [5, 5.41) is 9.37. The highest BCUT2D eigenvalue weighted by Gasteiger charge is 2.24. The summed E-state index contributed by atoms with van der Waals surface area (Å²) in [4.78, 5) is 6.30. The predicted molar refractivity (Wildman–Crippen MR) is 74.0 cm³/mol. The fraction of sp³-hybridized carbons (Fsp3) is 0.615. The molecule has 0 fully saturated rings. The first-order valence-electron chi connectivity index (χ1n) is 6.06. The van der Waals surface area contributed by atoms with Gasteiger partial charge >= 0.3 is 0 Å². The summed E-state index contributed by atoms with van der Waals surface area (Å²) in [6.07, 6.45) is 0.0196. The highest BCUT2D eigenvalue weighted by atomic mass is 16.5. The molecule has 18 heavy (non-hydrogen) atoms. The predicted octanol–water partition coefficient (Wildman–Crippen LogP) is 1.66. The average Bonchev–Trinajstić information content (AvgIpc) is 2.30. The number of hydrogen-bond acceptors (Lipinski definition) is 5. The summed E-state index contributed by atoms with van der Waals surface area (Å²) in [6.45, 7) is 7.77. The van der Waals surface area contributed by atoms with Crippen molar-refractivity contribution in [1.29, 1.82) is 0 Å². The number of aromatic nitrogens is 1. The number of nitrogens with zero attached hydrogens (tertiary/aromatic N) is 2. The van der Waals surface area contributed by atoms with E-state index >= 15 is 0 Å². The van der Waals surface area contributed by atoms with Crippen LogP contribution in [0, 0.1) is 0 Å². The zero-order valence-corrected chi connectivity index (χ0v) is 11.8. The largest absolute Gasteiger partial charge is 0.473 e. The molecule has 0 aliphatic carbocycles. The first-order chi connectivity index (χ1) is 8.27. The van der Waals surface area contributed by atoms with Gasteiger partial charge in [0.05, 0.1) is 23.9 Å². The van der Waals surface area contributed by atoms with Crippen molar-refractivity contribution in [3.05, 3.63) is 12.1 Å². The van der Waals surface area contributed by atoms with Crippen LogP contribution in [-0.4, -0.2) is 35.4 Å². The van der Waals surface area contributed by atoms with Crippen molar-refractivity contribution in [2.45, 2.75) is 39.3 Å². The Morgan fingerprint density at radius 2 is 2.06 bits per heavy atom. The molecule has 102 valence electrons. The normalized spacial score (nSPS) is 11.7. The van der Waals surface area contributed by atoms with Crippen molar-refractivity contribution in [2.75, 3.05) is 24.3 Å². The van der Waals surface area contributed by atoms with Gasteiger partial charge in [-0.1, -0.05) is 0 Å². The molecule has 0 saturated carbocycles. The van der Waals surface area contributed by atoms with Crippen LogP contribution in [0.25, 0.3) is 0 Å². The first kappa shape index (κ1) is 14.6. The Hall–Kier alpha value is -1.49. The van der Waals surface area contributed by atoms with Gasteiger partial charge in [0.1, 0.15) is 5.82 Å². The second kappa shape index (κ2) is 5.44. The summed E-state index contributed by atoms with van der Waals surface area (Å²) in [5.74, 6) is 1.15. The third kappa shape index (κ3) is 3.26. The summed E-state index contributed by atoms with van der Waals surface area (Å²) >= 11 is 0. The minimum Gasteiger partial charge on any atom is -0.473 e. The lowest BCUT2D eigenvalue weighted by atomic mass is 10.1. The third-order valence-corrected chi connectivity index (χ3v) is 2.86. The van der Waals surface area contributed by atoms with Gasteiger partial charge in [0, 0.05) is 7.05 Å². The molecule has 0 radical (unpaired) electrons. The number of aliphatic hydroxyl groups excluding tert-OH is 1. The fourth-order valence-corrected chi connectivity index (χ4v) is 1.36. The van der Waals surface area contributed by atoms with Crippen LogP contribution < -0.4 is 15.4 Å². The summed E-state index contributed by atoms with van der Waals surface area (Å²) in [6, 6.07) is 3.59. The first-order valence-corrected chi connectivity index (χ1v) is 6.06. The lowest BCUT2D eigenvalue weighted by Gasteiger charge is -2.35. The van der Waals surface area contributed by atoms with E-state index in [1.807, 2.05) is 45.7 Å². The molecule has 0 aliphatic rings. The molecule has 0 unspecified atom stereocenters. The molecule has 1 aromatic heterocycles. The average molecular weight is 253 g/mol. The Labute approximate surface area is 109 Å². The minimum absolute atomic E-state index is 0.0196. The molecule has 1 rings (SSSR count). The van der Waals surface area contributed by atoms with Crippen molar-refractivity contribution in [3.8, 4) is 5.88 Å². The van der Waals surface area contributed by atoms with Crippen LogP contribution >= 0.6 is 0 Å². The topological polar surface area (TPSA) is 71.6 Å². The molecule has 0 aliphatic heterocycles. The van der Waals surface area contributed by atoms with E-state index in [9.17, 15) is 5.11 Å². The van der Waals surface area contributed by atoms with Crippen LogP contribution in [0.15, 0.2) is 12.1 Å². The molecule has 0 aromatic carbocycles. The number of anilines is 2. The van der Waals surface area contributed by atoms with Crippen LogP contribution in [0.1, 0.15) is 27.7 Å². The van der Waals surface area contributed by atoms with E-state index in [0.29, 0.717) is 11.6 Å². The Bertz CT molecular complexity index is 405. The van der Waals surface area contributed by atoms with E-state index in [-0.39, 0.29) is 12.7 Å². The van der Waals surface area contributed by atoms with Gasteiger partial charge in [0.25, 0.3) is 0 Å². The molecular weight excluding hydrogens is 230 g/mol. The molecule has 0 bridgehead atoms. The Balaban J connectivity index is 3.04. The monoisotopic (exact) mass is 253 g/mol. The highest BCUT2D eigenvalue weighted by Crippen LogP contribution is 2.26. The number of aliphatic hydroxyl groups is 1. The van der Waals surface area contributed by atoms with Gasteiger partial charge in [-0.3, -0.25) is 0 Å². The second-order valence-electron chi connectivity index (χ2n) is 5.26. The molecule has 5 nitrogen and oxygen atoms in total. The van der Waals surface area contributed by atoms with Gasteiger partial charge in [0.2, 0.25) is 5.88 Å². The van der Waals surface area contributed by atoms with Gasteiger partial charge in [0.15, 0.2) is 0 Å². The molecule has 0 saturated heterocycles. The van der Waals surface area contributed by atoms with Crippen LogP contribution in [-0.2, 0) is 0 Å². The second-order valence-corrected chi connectivity index (χ2v) is 5.26. The van der Waals surface area contributed by atoms with E-state index in [2.05, 4.69) is 4.98 Å². The minimum atomic E-state index is -0.391. The third-order valence-electron chi connectivity index (χ3n) is 2.86. The van der Waals surface area contributed by atoms with Crippen molar-refractivity contribution in [2.24, 2.45) is 0 Å². The van der Waals surface area contributed by atoms with Gasteiger partial charge in [-0.2, -0.15) is 4.98 Å². The Morgan fingerprint density at radius 3 is 2.56 bits per heavy atom. The number of rotatable bonds is 5. The molecule has 5 heteroatoms. The van der Waals surface area contributed by atoms with Crippen molar-refractivity contribution < 1.29 is 9.84 Å². The maximum atomic E-state index is 9.37. The number of hydrogen-bond donors (Lipinski definition) is 2. The number of nitrogen functional groups attached to an aromatic ring is 1. The lowest BCUT2D eigenvalue weighted by molar-refractivity contribution is 0.214. The maximum Gasteiger partial charge on any atom is 0.239 e. The molecule has 0 amide bonds. The van der Waals surface area contributed by atoms with E-state index in [4.69, 9.17) is 10.5 Å². The quantitative estimate of drug-likeness (QED) is 0.835. The van der Waals surface area contributed by atoms with Crippen LogP contribution in [0.2, 0.25) is 0 Å². The fourth-order valence-electron chi connectivity index (χ4n) is 1.36. The van der Waals surface area contributed by atoms with Gasteiger partial charge in [-0.05, 0) is 39.8 Å².